The zero-order valence-electron chi connectivity index (χ0n) is 14.4. The van der Waals surface area contributed by atoms with E-state index in [9.17, 15) is 15.2 Å². The van der Waals surface area contributed by atoms with Gasteiger partial charge in [-0.3, -0.25) is 9.36 Å². The van der Waals surface area contributed by atoms with Crippen molar-refractivity contribution in [3.63, 3.8) is 0 Å². The zero-order valence-corrected chi connectivity index (χ0v) is 15.2. The summed E-state index contributed by atoms with van der Waals surface area (Å²) in [6, 6.07) is 8.77. The molecule has 3 rings (SSSR count). The van der Waals surface area contributed by atoms with Crippen LogP contribution in [-0.2, 0) is 0 Å². The van der Waals surface area contributed by atoms with E-state index in [2.05, 4.69) is 10.2 Å². The molecule has 1 saturated carbocycles. The maximum absolute atomic E-state index is 13.0. The first-order valence-electron chi connectivity index (χ1n) is 8.59. The second-order valence-corrected chi connectivity index (χ2v) is 6.81. The van der Waals surface area contributed by atoms with Crippen molar-refractivity contribution < 1.29 is 5.11 Å². The largest absolute Gasteiger partial charge is 0.493 e. The summed E-state index contributed by atoms with van der Waals surface area (Å²) in [5.41, 5.74) is 0.441. The molecule has 0 saturated heterocycles. The Morgan fingerprint density at radius 2 is 1.92 bits per heavy atom. The van der Waals surface area contributed by atoms with Crippen molar-refractivity contribution >= 4 is 23.0 Å². The Balaban J connectivity index is 2.14. The number of rotatable bonds is 3. The highest BCUT2D eigenvalue weighted by atomic mass is 35.5. The molecule has 26 heavy (non-hydrogen) atoms. The van der Waals surface area contributed by atoms with Crippen molar-refractivity contribution in [3.05, 3.63) is 50.8 Å². The molecule has 1 aromatic heterocycles. The number of hydrogen-bond donors (Lipinski definition) is 1. The molecule has 7 heteroatoms. The SMILES string of the molecule is Cc1c(C#N)c(O)n(C2CCCCC2)c(=O)c1N=Nc1ccccc1Cl. The van der Waals surface area contributed by atoms with Gasteiger partial charge in [-0.25, -0.2) is 0 Å². The van der Waals surface area contributed by atoms with Crippen molar-refractivity contribution in [1.29, 1.82) is 5.26 Å². The standard InChI is InChI=1S/C19H19ClN4O2/c1-12-14(11-21)18(25)24(13-7-3-2-4-8-13)19(26)17(12)23-22-16-10-6-5-9-15(16)20/h5-6,9-10,13,25H,2-4,7-8H2,1H3. The summed E-state index contributed by atoms with van der Waals surface area (Å²) < 4.78 is 1.31. The Kier molecular flexibility index (Phi) is 5.38. The molecule has 0 radical (unpaired) electrons. The van der Waals surface area contributed by atoms with Crippen molar-refractivity contribution in [1.82, 2.24) is 4.57 Å². The predicted octanol–water partition coefficient (Wildman–Crippen LogP) is 5.31. The summed E-state index contributed by atoms with van der Waals surface area (Å²) in [6.07, 6.45) is 4.68. The van der Waals surface area contributed by atoms with Gasteiger partial charge >= 0.3 is 0 Å². The third kappa shape index (κ3) is 3.35. The zero-order chi connectivity index (χ0) is 18.7. The van der Waals surface area contributed by atoms with Gasteiger partial charge in [-0.1, -0.05) is 43.0 Å². The summed E-state index contributed by atoms with van der Waals surface area (Å²) in [5.74, 6) is -0.279. The number of aromatic nitrogens is 1. The van der Waals surface area contributed by atoms with E-state index in [0.29, 0.717) is 16.3 Å². The van der Waals surface area contributed by atoms with E-state index in [-0.39, 0.29) is 23.2 Å². The lowest BCUT2D eigenvalue weighted by Gasteiger charge is -2.25. The van der Waals surface area contributed by atoms with E-state index in [4.69, 9.17) is 11.6 Å². The number of nitrogens with zero attached hydrogens (tertiary/aromatic N) is 4. The number of azo groups is 1. The molecule has 1 aromatic carbocycles. The third-order valence-corrected chi connectivity index (χ3v) is 5.08. The Morgan fingerprint density at radius 3 is 2.58 bits per heavy atom. The van der Waals surface area contributed by atoms with Crippen LogP contribution < -0.4 is 5.56 Å². The molecule has 134 valence electrons. The van der Waals surface area contributed by atoms with Gasteiger partial charge in [0.1, 0.15) is 17.3 Å². The monoisotopic (exact) mass is 370 g/mol. The molecular weight excluding hydrogens is 352 g/mol. The van der Waals surface area contributed by atoms with Crippen LogP contribution in [0.1, 0.15) is 49.3 Å². The van der Waals surface area contributed by atoms with Crippen LogP contribution in [0.15, 0.2) is 39.3 Å². The van der Waals surface area contributed by atoms with Crippen LogP contribution in [0.25, 0.3) is 0 Å². The Bertz CT molecular complexity index is 953. The van der Waals surface area contributed by atoms with E-state index < -0.39 is 5.56 Å². The smallest absolute Gasteiger partial charge is 0.281 e. The summed E-state index contributed by atoms with van der Waals surface area (Å²) in [7, 11) is 0. The second kappa shape index (κ2) is 7.71. The minimum Gasteiger partial charge on any atom is -0.493 e. The predicted molar refractivity (Wildman–Crippen MR) is 99.6 cm³/mol. The molecule has 1 aliphatic rings. The van der Waals surface area contributed by atoms with Crippen molar-refractivity contribution in [2.75, 3.05) is 0 Å². The van der Waals surface area contributed by atoms with Gasteiger partial charge in [0.2, 0.25) is 5.88 Å². The lowest BCUT2D eigenvalue weighted by Crippen LogP contribution is -2.27. The summed E-state index contributed by atoms with van der Waals surface area (Å²) >= 11 is 6.08. The molecule has 1 heterocycles. The minimum absolute atomic E-state index is 0.0586. The Morgan fingerprint density at radius 1 is 1.23 bits per heavy atom. The minimum atomic E-state index is -0.429. The summed E-state index contributed by atoms with van der Waals surface area (Å²) in [6.45, 7) is 1.59. The first kappa shape index (κ1) is 18.2. The first-order chi connectivity index (χ1) is 12.5. The van der Waals surface area contributed by atoms with E-state index >= 15 is 0 Å². The molecule has 1 aliphatic carbocycles. The fourth-order valence-corrected chi connectivity index (χ4v) is 3.52. The van der Waals surface area contributed by atoms with Gasteiger partial charge in [0, 0.05) is 11.6 Å². The highest BCUT2D eigenvalue weighted by Crippen LogP contribution is 2.34. The maximum atomic E-state index is 13.0. The molecule has 1 N–H and O–H groups in total. The number of pyridine rings is 1. The van der Waals surface area contributed by atoms with Gasteiger partial charge in [0.05, 0.1) is 5.02 Å². The van der Waals surface area contributed by atoms with Crippen LogP contribution in [0, 0.1) is 18.3 Å². The van der Waals surface area contributed by atoms with Crippen molar-refractivity contribution in [3.8, 4) is 11.9 Å². The topological polar surface area (TPSA) is 90.7 Å². The fourth-order valence-electron chi connectivity index (χ4n) is 3.34. The number of aromatic hydroxyl groups is 1. The average molecular weight is 371 g/mol. The number of nitriles is 1. The first-order valence-corrected chi connectivity index (χ1v) is 8.96. The summed E-state index contributed by atoms with van der Waals surface area (Å²) in [4.78, 5) is 13.0. The van der Waals surface area contributed by atoms with Gasteiger partial charge in [0.15, 0.2) is 5.69 Å². The summed E-state index contributed by atoms with van der Waals surface area (Å²) in [5, 5.41) is 28.5. The quantitative estimate of drug-likeness (QED) is 0.742. The molecule has 0 unspecified atom stereocenters. The van der Waals surface area contributed by atoms with E-state index in [1.54, 1.807) is 31.2 Å². The average Bonchev–Trinajstić information content (AvgIpc) is 2.64. The number of hydrogen-bond acceptors (Lipinski definition) is 5. The lowest BCUT2D eigenvalue weighted by molar-refractivity contribution is 0.303. The molecule has 0 bridgehead atoms. The number of benzene rings is 1. The van der Waals surface area contributed by atoms with Crippen LogP contribution in [0.3, 0.4) is 0 Å². The van der Waals surface area contributed by atoms with Gasteiger partial charge in [-0.05, 0) is 31.9 Å². The Labute approximate surface area is 156 Å². The molecule has 0 aliphatic heterocycles. The van der Waals surface area contributed by atoms with E-state index in [0.717, 1.165) is 32.1 Å². The van der Waals surface area contributed by atoms with Gasteiger partial charge in [-0.2, -0.15) is 5.26 Å². The highest BCUT2D eigenvalue weighted by Gasteiger charge is 2.25. The number of halogens is 1. The lowest BCUT2D eigenvalue weighted by atomic mass is 9.94. The maximum Gasteiger partial charge on any atom is 0.281 e. The second-order valence-electron chi connectivity index (χ2n) is 6.40. The molecule has 1 fully saturated rings. The van der Waals surface area contributed by atoms with Gasteiger partial charge in [0.25, 0.3) is 5.56 Å². The van der Waals surface area contributed by atoms with Gasteiger partial charge in [-0.15, -0.1) is 10.2 Å². The molecule has 0 amide bonds. The highest BCUT2D eigenvalue weighted by molar-refractivity contribution is 6.32. The molecule has 0 atom stereocenters. The molecular formula is C19H19ClN4O2. The van der Waals surface area contributed by atoms with Crippen LogP contribution in [0.2, 0.25) is 5.02 Å². The fraction of sp³-hybridized carbons (Fsp3) is 0.368. The van der Waals surface area contributed by atoms with Crippen molar-refractivity contribution in [2.24, 2.45) is 10.2 Å². The van der Waals surface area contributed by atoms with Gasteiger partial charge < -0.3 is 5.11 Å². The van der Waals surface area contributed by atoms with E-state index in [1.807, 2.05) is 6.07 Å². The third-order valence-electron chi connectivity index (χ3n) is 4.77. The van der Waals surface area contributed by atoms with Crippen molar-refractivity contribution in [2.45, 2.75) is 45.1 Å². The molecule has 2 aromatic rings. The molecule has 0 spiro atoms. The van der Waals surface area contributed by atoms with Crippen LogP contribution in [-0.4, -0.2) is 9.67 Å². The van der Waals surface area contributed by atoms with E-state index in [1.165, 1.54) is 4.57 Å². The Hall–Kier alpha value is -2.65. The molecule has 6 nitrogen and oxygen atoms in total. The van der Waals surface area contributed by atoms with Crippen LogP contribution in [0.5, 0.6) is 5.88 Å². The normalized spacial score (nSPS) is 15.3. The van der Waals surface area contributed by atoms with Crippen LogP contribution in [0.4, 0.5) is 11.4 Å². The van der Waals surface area contributed by atoms with Crippen LogP contribution >= 0.6 is 11.6 Å².